The van der Waals surface area contributed by atoms with Gasteiger partial charge in [-0.25, -0.2) is 4.79 Å². The molecule has 0 aliphatic heterocycles. The third kappa shape index (κ3) is 2.81. The Morgan fingerprint density at radius 3 is 1.95 bits per heavy atom. The van der Waals surface area contributed by atoms with Crippen LogP contribution in [0.2, 0.25) is 0 Å². The van der Waals surface area contributed by atoms with E-state index in [0.717, 1.165) is 11.8 Å². The van der Waals surface area contributed by atoms with Gasteiger partial charge in [-0.2, -0.15) is 0 Å². The molecule has 4 bridgehead atoms. The molecular weight excluding hydrogens is 348 g/mol. The highest BCUT2D eigenvalue weighted by Gasteiger charge is 2.57. The van der Waals surface area contributed by atoms with Crippen LogP contribution >= 0.6 is 15.9 Å². The summed E-state index contributed by atoms with van der Waals surface area (Å²) in [7, 11) is 0. The summed E-state index contributed by atoms with van der Waals surface area (Å²) < 4.78 is 11.1. The van der Waals surface area contributed by atoms with Crippen molar-refractivity contribution in [2.75, 3.05) is 0 Å². The average Bonchev–Trinajstić information content (AvgIpc) is 2.43. The molecule has 4 saturated carbocycles. The minimum Gasteiger partial charge on any atom is -0.456 e. The number of ether oxygens (including phenoxy) is 2. The molecule has 5 heteroatoms. The summed E-state index contributed by atoms with van der Waals surface area (Å²) in [6, 6.07) is 0. The molecule has 22 heavy (non-hydrogen) atoms. The van der Waals surface area contributed by atoms with Crippen molar-refractivity contribution in [1.82, 2.24) is 0 Å². The van der Waals surface area contributed by atoms with Crippen LogP contribution in [-0.4, -0.2) is 28.5 Å². The summed E-state index contributed by atoms with van der Waals surface area (Å²) in [5.41, 5.74) is -0.370. The van der Waals surface area contributed by atoms with Gasteiger partial charge in [0.15, 0.2) is 6.10 Å². The average molecular weight is 373 g/mol. The van der Waals surface area contributed by atoms with Gasteiger partial charge in [0, 0.05) is 0 Å². The first-order valence-electron chi connectivity index (χ1n) is 8.37. The predicted octanol–water partition coefficient (Wildman–Crippen LogP) is 3.46. The van der Waals surface area contributed by atoms with Crippen molar-refractivity contribution in [1.29, 1.82) is 0 Å². The van der Waals surface area contributed by atoms with Crippen LogP contribution in [0, 0.1) is 23.7 Å². The number of rotatable bonds is 4. The highest BCUT2D eigenvalue weighted by Crippen LogP contribution is 2.59. The van der Waals surface area contributed by atoms with Crippen molar-refractivity contribution >= 4 is 27.9 Å². The molecule has 0 saturated heterocycles. The van der Waals surface area contributed by atoms with E-state index in [9.17, 15) is 9.59 Å². The normalized spacial score (nSPS) is 41.8. The minimum atomic E-state index is -0.846. The number of carbonyl (C=O) groups excluding carboxylic acids is 2. The summed E-state index contributed by atoms with van der Waals surface area (Å²) in [6.45, 7) is 5.37. The molecule has 2 unspecified atom stereocenters. The monoisotopic (exact) mass is 372 g/mol. The highest BCUT2D eigenvalue weighted by atomic mass is 79.9. The lowest BCUT2D eigenvalue weighted by atomic mass is 9.50. The first-order valence-corrected chi connectivity index (χ1v) is 9.28. The van der Waals surface area contributed by atoms with Crippen molar-refractivity contribution in [2.45, 2.75) is 69.4 Å². The predicted molar refractivity (Wildman–Crippen MR) is 85.5 cm³/mol. The van der Waals surface area contributed by atoms with Crippen LogP contribution in [0.4, 0.5) is 0 Å². The van der Waals surface area contributed by atoms with Gasteiger partial charge >= 0.3 is 11.9 Å². The van der Waals surface area contributed by atoms with Gasteiger partial charge in [-0.3, -0.25) is 4.79 Å². The van der Waals surface area contributed by atoms with Crippen molar-refractivity contribution in [3.63, 3.8) is 0 Å². The molecule has 4 aliphatic rings. The summed E-state index contributed by atoms with van der Waals surface area (Å²) in [6.07, 6.45) is 5.26. The summed E-state index contributed by atoms with van der Waals surface area (Å²) >= 11 is 3.15. The van der Waals surface area contributed by atoms with E-state index in [4.69, 9.17) is 9.47 Å². The van der Waals surface area contributed by atoms with Crippen molar-refractivity contribution in [2.24, 2.45) is 23.7 Å². The Hall–Kier alpha value is -0.580. The van der Waals surface area contributed by atoms with Crippen LogP contribution < -0.4 is 0 Å². The zero-order chi connectivity index (χ0) is 16.1. The number of hydrogen-bond donors (Lipinski definition) is 0. The van der Waals surface area contributed by atoms with Gasteiger partial charge in [0.2, 0.25) is 0 Å². The van der Waals surface area contributed by atoms with E-state index in [2.05, 4.69) is 22.9 Å². The first-order chi connectivity index (χ1) is 10.3. The van der Waals surface area contributed by atoms with Crippen LogP contribution in [0.3, 0.4) is 0 Å². The largest absolute Gasteiger partial charge is 0.456 e. The Balaban J connectivity index is 1.64. The topological polar surface area (TPSA) is 52.6 Å². The fraction of sp³-hybridized carbons (Fsp3) is 0.882. The molecule has 0 aromatic rings. The summed E-state index contributed by atoms with van der Waals surface area (Å²) in [5, 5.41) is 0. The maximum absolute atomic E-state index is 12.4. The third-order valence-corrected chi connectivity index (χ3v) is 6.40. The van der Waals surface area contributed by atoms with Gasteiger partial charge in [-0.05, 0) is 76.5 Å². The second-order valence-electron chi connectivity index (χ2n) is 7.60. The van der Waals surface area contributed by atoms with Gasteiger partial charge in [0.1, 0.15) is 10.4 Å². The molecule has 0 radical (unpaired) electrons. The molecule has 0 N–H and O–H groups in total. The van der Waals surface area contributed by atoms with E-state index in [1.165, 1.54) is 32.1 Å². The standard InChI is InChI=1S/C17H25BrO4/c1-9(18)15(19)21-10(2)16(20)22-17(3)13-5-11-4-12(7-13)8-14(17)6-11/h9-14H,4-8H2,1-3H3. The van der Waals surface area contributed by atoms with E-state index in [-0.39, 0.29) is 5.60 Å². The van der Waals surface area contributed by atoms with Crippen LogP contribution in [0.25, 0.3) is 0 Å². The smallest absolute Gasteiger partial charge is 0.347 e. The summed E-state index contributed by atoms with van der Waals surface area (Å²) in [5.74, 6) is 1.78. The summed E-state index contributed by atoms with van der Waals surface area (Å²) in [4.78, 5) is 23.6. The Labute approximate surface area is 140 Å². The quantitative estimate of drug-likeness (QED) is 0.560. The van der Waals surface area contributed by atoms with Gasteiger partial charge < -0.3 is 9.47 Å². The number of carbonyl (C=O) groups is 2. The maximum atomic E-state index is 12.4. The molecule has 0 aromatic heterocycles. The maximum Gasteiger partial charge on any atom is 0.347 e. The van der Waals surface area contributed by atoms with Crippen molar-refractivity contribution in [3.8, 4) is 0 Å². The van der Waals surface area contributed by atoms with E-state index in [1.54, 1.807) is 13.8 Å². The number of halogens is 1. The van der Waals surface area contributed by atoms with E-state index >= 15 is 0 Å². The molecular formula is C17H25BrO4. The number of esters is 2. The van der Waals surface area contributed by atoms with Crippen molar-refractivity contribution in [3.05, 3.63) is 0 Å². The Bertz CT molecular complexity index is 445. The van der Waals surface area contributed by atoms with Crippen LogP contribution in [0.5, 0.6) is 0 Å². The fourth-order valence-corrected chi connectivity index (χ4v) is 5.01. The Morgan fingerprint density at radius 2 is 1.50 bits per heavy atom. The molecule has 124 valence electrons. The molecule has 4 rings (SSSR count). The highest BCUT2D eigenvalue weighted by molar-refractivity contribution is 9.10. The SMILES string of the molecule is CC(Br)C(=O)OC(C)C(=O)OC1(C)C2CC3CC(C2)CC1C3. The van der Waals surface area contributed by atoms with Crippen LogP contribution in [0.1, 0.15) is 52.9 Å². The van der Waals surface area contributed by atoms with Crippen LogP contribution in [0.15, 0.2) is 0 Å². The molecule has 4 nitrogen and oxygen atoms in total. The first kappa shape index (κ1) is 16.3. The lowest BCUT2D eigenvalue weighted by molar-refractivity contribution is -0.212. The zero-order valence-corrected chi connectivity index (χ0v) is 15.1. The minimum absolute atomic E-state index is 0.370. The van der Waals surface area contributed by atoms with Gasteiger partial charge in [0.25, 0.3) is 0 Å². The Morgan fingerprint density at radius 1 is 1.00 bits per heavy atom. The molecule has 4 fully saturated rings. The number of hydrogen-bond acceptors (Lipinski definition) is 4. The van der Waals surface area contributed by atoms with E-state index in [1.807, 2.05) is 0 Å². The molecule has 0 spiro atoms. The second-order valence-corrected chi connectivity index (χ2v) is 8.98. The Kier molecular flexibility index (Phi) is 4.30. The van der Waals surface area contributed by atoms with E-state index in [0.29, 0.717) is 11.8 Å². The van der Waals surface area contributed by atoms with Gasteiger partial charge in [0.05, 0.1) is 0 Å². The molecule has 0 aromatic carbocycles. The molecule has 0 amide bonds. The lowest BCUT2D eigenvalue weighted by Crippen LogP contribution is -2.58. The van der Waals surface area contributed by atoms with Crippen LogP contribution in [-0.2, 0) is 19.1 Å². The molecule has 2 atom stereocenters. The lowest BCUT2D eigenvalue weighted by Gasteiger charge is -2.59. The van der Waals surface area contributed by atoms with Gasteiger partial charge in [-0.1, -0.05) is 15.9 Å². The molecule has 4 aliphatic carbocycles. The molecule has 0 heterocycles. The van der Waals surface area contributed by atoms with Gasteiger partial charge in [-0.15, -0.1) is 0 Å². The fourth-order valence-electron chi connectivity index (χ4n) is 4.90. The number of alkyl halides is 1. The second kappa shape index (κ2) is 5.81. The van der Waals surface area contributed by atoms with Crippen molar-refractivity contribution < 1.29 is 19.1 Å². The third-order valence-electron chi connectivity index (χ3n) is 6.03. The zero-order valence-electron chi connectivity index (χ0n) is 13.5. The van der Waals surface area contributed by atoms with E-state index < -0.39 is 22.9 Å².